The first kappa shape index (κ1) is 16.5. The van der Waals surface area contributed by atoms with Crippen molar-refractivity contribution in [2.75, 3.05) is 26.7 Å². The van der Waals surface area contributed by atoms with Crippen molar-refractivity contribution < 1.29 is 9.53 Å². The van der Waals surface area contributed by atoms with Crippen LogP contribution in [0.4, 0.5) is 0 Å². The lowest BCUT2D eigenvalue weighted by Gasteiger charge is -2.31. The third kappa shape index (κ3) is 3.61. The molecule has 1 fully saturated rings. The number of hydrogen-bond acceptors (Lipinski definition) is 4. The average Bonchev–Trinajstić information content (AvgIpc) is 2.95. The molecule has 5 heteroatoms. The second-order valence-electron chi connectivity index (χ2n) is 6.41. The Balaban J connectivity index is 1.65. The maximum atomic E-state index is 12.7. The number of thiophene rings is 1. The zero-order valence-corrected chi connectivity index (χ0v) is 14.7. The number of piperidine rings is 1. The first-order valence-corrected chi connectivity index (χ1v) is 9.37. The Labute approximate surface area is 142 Å². The summed E-state index contributed by atoms with van der Waals surface area (Å²) in [5, 5.41) is 3.22. The van der Waals surface area contributed by atoms with Gasteiger partial charge in [0.05, 0.1) is 7.11 Å². The number of methoxy groups -OCH3 is 1. The van der Waals surface area contributed by atoms with Crippen molar-refractivity contribution in [3.63, 3.8) is 0 Å². The lowest BCUT2D eigenvalue weighted by atomic mass is 9.98. The van der Waals surface area contributed by atoms with Gasteiger partial charge in [0.1, 0.15) is 10.6 Å². The fourth-order valence-corrected chi connectivity index (χ4v) is 4.86. The smallest absolute Gasteiger partial charge is 0.265 e. The van der Waals surface area contributed by atoms with Gasteiger partial charge >= 0.3 is 0 Å². The molecule has 0 atom stereocenters. The van der Waals surface area contributed by atoms with Crippen LogP contribution < -0.4 is 10.1 Å². The van der Waals surface area contributed by atoms with Crippen LogP contribution in [0.5, 0.6) is 5.75 Å². The average molecular weight is 334 g/mol. The summed E-state index contributed by atoms with van der Waals surface area (Å²) in [6.07, 6.45) is 8.51. The van der Waals surface area contributed by atoms with E-state index in [1.807, 2.05) is 6.08 Å². The van der Waals surface area contributed by atoms with Crippen LogP contribution in [0.3, 0.4) is 0 Å². The molecule has 1 aliphatic carbocycles. The van der Waals surface area contributed by atoms with E-state index in [2.05, 4.69) is 16.8 Å². The van der Waals surface area contributed by atoms with Crippen LogP contribution in [-0.2, 0) is 12.8 Å². The molecule has 1 saturated heterocycles. The number of carbonyl (C=O) groups excluding carboxylic acids is 1. The maximum Gasteiger partial charge on any atom is 0.265 e. The van der Waals surface area contributed by atoms with Gasteiger partial charge in [-0.05, 0) is 38.5 Å². The summed E-state index contributed by atoms with van der Waals surface area (Å²) < 4.78 is 5.57. The molecule has 126 valence electrons. The molecule has 1 amide bonds. The molecule has 0 aromatic carbocycles. The first-order chi connectivity index (χ1) is 11.2. The molecule has 1 aliphatic heterocycles. The third-order valence-corrected chi connectivity index (χ3v) is 6.12. The van der Waals surface area contributed by atoms with Crippen LogP contribution in [0.2, 0.25) is 0 Å². The Morgan fingerprint density at radius 3 is 2.83 bits per heavy atom. The van der Waals surface area contributed by atoms with Gasteiger partial charge in [-0.15, -0.1) is 17.9 Å². The fraction of sp³-hybridized carbons (Fsp3) is 0.611. The fourth-order valence-electron chi connectivity index (χ4n) is 3.60. The molecule has 1 aromatic heterocycles. The topological polar surface area (TPSA) is 41.6 Å². The summed E-state index contributed by atoms with van der Waals surface area (Å²) in [7, 11) is 1.68. The van der Waals surface area contributed by atoms with Crippen molar-refractivity contribution in [3.05, 3.63) is 28.0 Å². The standard InChI is InChI=1S/C18H26N2O2S/c1-3-10-20-11-8-13(9-12-20)19-18(21)17-16(22-2)14-6-4-5-7-15(14)23-17/h3,13H,1,4-12H2,2H3,(H,19,21). The summed E-state index contributed by atoms with van der Waals surface area (Å²) in [4.78, 5) is 17.2. The van der Waals surface area contributed by atoms with Crippen molar-refractivity contribution in [3.8, 4) is 5.75 Å². The van der Waals surface area contributed by atoms with E-state index in [4.69, 9.17) is 4.74 Å². The van der Waals surface area contributed by atoms with Crippen LogP contribution in [0.15, 0.2) is 12.7 Å². The van der Waals surface area contributed by atoms with E-state index in [1.54, 1.807) is 18.4 Å². The highest BCUT2D eigenvalue weighted by molar-refractivity contribution is 7.14. The largest absolute Gasteiger partial charge is 0.495 e. The van der Waals surface area contributed by atoms with Crippen molar-refractivity contribution in [2.45, 2.75) is 44.6 Å². The molecule has 1 N–H and O–H groups in total. The Kier molecular flexibility index (Phi) is 5.38. The Morgan fingerprint density at radius 2 is 2.13 bits per heavy atom. The molecule has 3 rings (SSSR count). The summed E-state index contributed by atoms with van der Waals surface area (Å²) >= 11 is 1.63. The van der Waals surface area contributed by atoms with Crippen molar-refractivity contribution in [1.82, 2.24) is 10.2 Å². The molecule has 2 aliphatic rings. The summed E-state index contributed by atoms with van der Waals surface area (Å²) in [5.41, 5.74) is 1.27. The molecule has 23 heavy (non-hydrogen) atoms. The minimum atomic E-state index is 0.0448. The highest BCUT2D eigenvalue weighted by Gasteiger charge is 2.27. The number of amides is 1. The minimum absolute atomic E-state index is 0.0448. The van der Waals surface area contributed by atoms with E-state index >= 15 is 0 Å². The van der Waals surface area contributed by atoms with Gasteiger partial charge in [-0.2, -0.15) is 0 Å². The van der Waals surface area contributed by atoms with Crippen LogP contribution in [0.1, 0.15) is 45.8 Å². The number of ether oxygens (including phenoxy) is 1. The monoisotopic (exact) mass is 334 g/mol. The SMILES string of the molecule is C=CCN1CCC(NC(=O)c2sc3c(c2OC)CCCC3)CC1. The van der Waals surface area contributed by atoms with E-state index in [0.29, 0.717) is 0 Å². The normalized spacial score (nSPS) is 19.2. The van der Waals surface area contributed by atoms with Crippen molar-refractivity contribution >= 4 is 17.2 Å². The Bertz CT molecular complexity index is 574. The van der Waals surface area contributed by atoms with Gasteiger partial charge in [-0.25, -0.2) is 0 Å². The minimum Gasteiger partial charge on any atom is -0.495 e. The van der Waals surface area contributed by atoms with Gasteiger partial charge in [0, 0.05) is 36.1 Å². The zero-order chi connectivity index (χ0) is 16.2. The van der Waals surface area contributed by atoms with Crippen LogP contribution >= 0.6 is 11.3 Å². The predicted octanol–water partition coefficient (Wildman–Crippen LogP) is 3.02. The molecule has 0 spiro atoms. The van der Waals surface area contributed by atoms with Crippen LogP contribution in [0.25, 0.3) is 0 Å². The lowest BCUT2D eigenvalue weighted by molar-refractivity contribution is 0.0915. The molecule has 0 bridgehead atoms. The molecular weight excluding hydrogens is 308 g/mol. The Morgan fingerprint density at radius 1 is 1.39 bits per heavy atom. The van der Waals surface area contributed by atoms with Crippen LogP contribution in [0, 0.1) is 0 Å². The van der Waals surface area contributed by atoms with Gasteiger partial charge in [0.15, 0.2) is 0 Å². The summed E-state index contributed by atoms with van der Waals surface area (Å²) in [6, 6.07) is 0.271. The highest BCUT2D eigenvalue weighted by Crippen LogP contribution is 2.39. The van der Waals surface area contributed by atoms with E-state index < -0.39 is 0 Å². The predicted molar refractivity (Wildman–Crippen MR) is 94.6 cm³/mol. The molecule has 0 radical (unpaired) electrons. The summed E-state index contributed by atoms with van der Waals surface area (Å²) in [6.45, 7) is 6.77. The van der Waals surface area contributed by atoms with E-state index in [0.717, 1.165) is 55.9 Å². The van der Waals surface area contributed by atoms with Crippen molar-refractivity contribution in [2.24, 2.45) is 0 Å². The quantitative estimate of drug-likeness (QED) is 0.842. The number of likely N-dealkylation sites (tertiary alicyclic amines) is 1. The summed E-state index contributed by atoms with van der Waals surface area (Å²) in [5.74, 6) is 0.870. The Hall–Kier alpha value is -1.33. The van der Waals surface area contributed by atoms with Crippen LogP contribution in [-0.4, -0.2) is 43.6 Å². The van der Waals surface area contributed by atoms with Gasteiger partial charge in [0.25, 0.3) is 5.91 Å². The van der Waals surface area contributed by atoms with E-state index in [-0.39, 0.29) is 11.9 Å². The molecule has 2 heterocycles. The number of aryl methyl sites for hydroxylation is 1. The second kappa shape index (κ2) is 7.49. The molecule has 4 nitrogen and oxygen atoms in total. The van der Waals surface area contributed by atoms with E-state index in [1.165, 1.54) is 23.3 Å². The third-order valence-electron chi connectivity index (χ3n) is 4.84. The number of nitrogens with zero attached hydrogens (tertiary/aromatic N) is 1. The van der Waals surface area contributed by atoms with Gasteiger partial charge < -0.3 is 10.1 Å². The zero-order valence-electron chi connectivity index (χ0n) is 13.9. The number of hydrogen-bond donors (Lipinski definition) is 1. The molecule has 1 aromatic rings. The van der Waals surface area contributed by atoms with Crippen molar-refractivity contribution in [1.29, 1.82) is 0 Å². The number of nitrogens with one attached hydrogen (secondary N) is 1. The highest BCUT2D eigenvalue weighted by atomic mass is 32.1. The van der Waals surface area contributed by atoms with Gasteiger partial charge in [0.2, 0.25) is 0 Å². The lowest BCUT2D eigenvalue weighted by Crippen LogP contribution is -2.44. The van der Waals surface area contributed by atoms with E-state index in [9.17, 15) is 4.79 Å². The second-order valence-corrected chi connectivity index (χ2v) is 7.52. The molecule has 0 saturated carbocycles. The number of rotatable bonds is 5. The maximum absolute atomic E-state index is 12.7. The number of fused-ring (bicyclic) bond motifs is 1. The molecular formula is C18H26N2O2S. The first-order valence-electron chi connectivity index (χ1n) is 8.55. The number of carbonyl (C=O) groups is 1. The van der Waals surface area contributed by atoms with Gasteiger partial charge in [-0.3, -0.25) is 9.69 Å². The molecule has 0 unspecified atom stereocenters. The van der Waals surface area contributed by atoms with Gasteiger partial charge in [-0.1, -0.05) is 6.08 Å².